The maximum atomic E-state index is 11.7. The molecule has 2 N–H and O–H groups in total. The van der Waals surface area contributed by atoms with E-state index in [-0.39, 0.29) is 6.79 Å². The van der Waals surface area contributed by atoms with Crippen molar-refractivity contribution in [2.24, 2.45) is 4.99 Å². The minimum atomic E-state index is -3.20. The largest absolute Gasteiger partial charge is 0.454 e. The summed E-state index contributed by atoms with van der Waals surface area (Å²) in [5.41, 5.74) is 2.88. The van der Waals surface area contributed by atoms with Crippen molar-refractivity contribution >= 4 is 15.8 Å². The number of aryl methyl sites for hydroxylation is 1. The Morgan fingerprint density at radius 3 is 2.54 bits per heavy atom. The van der Waals surface area contributed by atoms with Crippen LogP contribution < -0.4 is 20.1 Å². The molecule has 0 fully saturated rings. The molecule has 1 aliphatic rings. The summed E-state index contributed by atoms with van der Waals surface area (Å²) in [6.45, 7) is 3.34. The molecule has 7 nitrogen and oxygen atoms in total. The average molecular weight is 404 g/mol. The number of guanidine groups is 1. The lowest BCUT2D eigenvalue weighted by atomic mass is 10.1. The van der Waals surface area contributed by atoms with Crippen LogP contribution in [0.3, 0.4) is 0 Å². The van der Waals surface area contributed by atoms with E-state index in [9.17, 15) is 8.42 Å². The molecule has 0 radical (unpaired) electrons. The number of hydrogen-bond acceptors (Lipinski definition) is 5. The number of nitrogens with zero attached hydrogens (tertiary/aromatic N) is 1. The van der Waals surface area contributed by atoms with Gasteiger partial charge in [-0.1, -0.05) is 18.2 Å². The number of fused-ring (bicyclic) bond motifs is 1. The van der Waals surface area contributed by atoms with Gasteiger partial charge in [0.15, 0.2) is 27.3 Å². The molecular weight excluding hydrogens is 378 g/mol. The lowest BCUT2D eigenvalue weighted by molar-refractivity contribution is 0.174. The highest BCUT2D eigenvalue weighted by Gasteiger charge is 2.13. The topological polar surface area (TPSA) is 89.0 Å². The first-order chi connectivity index (χ1) is 13.4. The van der Waals surface area contributed by atoms with Crippen LogP contribution in [0, 0.1) is 6.92 Å². The molecule has 0 aliphatic carbocycles. The van der Waals surface area contributed by atoms with Crippen molar-refractivity contribution in [1.82, 2.24) is 10.6 Å². The first-order valence-electron chi connectivity index (χ1n) is 8.99. The van der Waals surface area contributed by atoms with E-state index < -0.39 is 9.84 Å². The third-order valence-corrected chi connectivity index (χ3v) is 5.72. The molecule has 1 heterocycles. The fourth-order valence-corrected chi connectivity index (χ4v) is 4.02. The van der Waals surface area contributed by atoms with Crippen molar-refractivity contribution in [3.05, 3.63) is 53.1 Å². The predicted molar refractivity (Wildman–Crippen MR) is 109 cm³/mol. The summed E-state index contributed by atoms with van der Waals surface area (Å²) in [7, 11) is -1.49. The quantitative estimate of drug-likeness (QED) is 0.567. The second-order valence-electron chi connectivity index (χ2n) is 6.66. The van der Waals surface area contributed by atoms with Gasteiger partial charge in [-0.2, -0.15) is 0 Å². The van der Waals surface area contributed by atoms with Gasteiger partial charge in [0.2, 0.25) is 6.79 Å². The van der Waals surface area contributed by atoms with E-state index in [2.05, 4.69) is 15.6 Å². The van der Waals surface area contributed by atoms with Gasteiger partial charge in [-0.15, -0.1) is 0 Å². The van der Waals surface area contributed by atoms with Crippen molar-refractivity contribution < 1.29 is 17.9 Å². The number of nitrogens with one attached hydrogen (secondary N) is 2. The molecular formula is C20H25N3O4S. The number of hydrogen-bond donors (Lipinski definition) is 2. The van der Waals surface area contributed by atoms with E-state index in [1.807, 2.05) is 30.3 Å². The van der Waals surface area contributed by atoms with Gasteiger partial charge in [0, 0.05) is 26.4 Å². The van der Waals surface area contributed by atoms with Crippen LogP contribution in [-0.2, 0) is 22.8 Å². The summed E-state index contributed by atoms with van der Waals surface area (Å²) in [6.07, 6.45) is 2.04. The highest BCUT2D eigenvalue weighted by molar-refractivity contribution is 7.90. The number of aliphatic imine (C=N–C) groups is 1. The van der Waals surface area contributed by atoms with E-state index >= 15 is 0 Å². The molecule has 8 heteroatoms. The summed E-state index contributed by atoms with van der Waals surface area (Å²) in [6, 6.07) is 11.3. The molecule has 0 atom stereocenters. The van der Waals surface area contributed by atoms with Gasteiger partial charge in [-0.05, 0) is 48.2 Å². The summed E-state index contributed by atoms with van der Waals surface area (Å²) in [5, 5.41) is 6.52. The predicted octanol–water partition coefficient (Wildman–Crippen LogP) is 2.03. The fraction of sp³-hybridized carbons (Fsp3) is 0.350. The van der Waals surface area contributed by atoms with E-state index in [1.165, 1.54) is 6.26 Å². The second kappa shape index (κ2) is 8.52. The molecule has 0 saturated heterocycles. The highest BCUT2D eigenvalue weighted by atomic mass is 32.2. The summed E-state index contributed by atoms with van der Waals surface area (Å²) in [4.78, 5) is 4.59. The lowest BCUT2D eigenvalue weighted by Gasteiger charge is -2.13. The molecule has 28 heavy (non-hydrogen) atoms. The number of rotatable bonds is 6. The van der Waals surface area contributed by atoms with Gasteiger partial charge in [-0.25, -0.2) is 8.42 Å². The lowest BCUT2D eigenvalue weighted by Crippen LogP contribution is -2.37. The van der Waals surface area contributed by atoms with Crippen LogP contribution in [0.1, 0.15) is 16.7 Å². The van der Waals surface area contributed by atoms with Crippen molar-refractivity contribution in [1.29, 1.82) is 0 Å². The zero-order chi connectivity index (χ0) is 20.1. The van der Waals surface area contributed by atoms with Crippen molar-refractivity contribution in [3.8, 4) is 11.5 Å². The molecule has 3 rings (SSSR count). The molecule has 1 aliphatic heterocycles. The van der Waals surface area contributed by atoms with Gasteiger partial charge in [0.05, 0.1) is 4.90 Å². The number of benzene rings is 2. The average Bonchev–Trinajstić information content (AvgIpc) is 3.11. The van der Waals surface area contributed by atoms with Crippen LogP contribution in [0.15, 0.2) is 46.3 Å². The van der Waals surface area contributed by atoms with Gasteiger partial charge < -0.3 is 20.1 Å². The molecule has 0 unspecified atom stereocenters. The summed E-state index contributed by atoms with van der Waals surface area (Å²) < 4.78 is 34.2. The van der Waals surface area contributed by atoms with Crippen molar-refractivity contribution in [2.75, 3.05) is 26.6 Å². The van der Waals surface area contributed by atoms with E-state index in [0.717, 1.165) is 34.6 Å². The Morgan fingerprint density at radius 2 is 1.82 bits per heavy atom. The smallest absolute Gasteiger partial charge is 0.231 e. The molecule has 150 valence electrons. The van der Waals surface area contributed by atoms with E-state index in [0.29, 0.717) is 23.9 Å². The molecule has 0 bridgehead atoms. The van der Waals surface area contributed by atoms with Gasteiger partial charge >= 0.3 is 0 Å². The van der Waals surface area contributed by atoms with Crippen molar-refractivity contribution in [3.63, 3.8) is 0 Å². The Morgan fingerprint density at radius 1 is 1.07 bits per heavy atom. The zero-order valence-corrected chi connectivity index (χ0v) is 17.1. The first kappa shape index (κ1) is 20.0. The molecule has 2 aromatic carbocycles. The molecule has 0 amide bonds. The molecule has 2 aromatic rings. The van der Waals surface area contributed by atoms with Crippen LogP contribution in [-0.4, -0.2) is 41.0 Å². The minimum Gasteiger partial charge on any atom is -0.454 e. The van der Waals surface area contributed by atoms with Crippen LogP contribution in [0.2, 0.25) is 0 Å². The van der Waals surface area contributed by atoms with Crippen LogP contribution in [0.25, 0.3) is 0 Å². The Labute approximate surface area is 165 Å². The second-order valence-corrected chi connectivity index (χ2v) is 8.65. The van der Waals surface area contributed by atoms with E-state index in [1.54, 1.807) is 20.0 Å². The minimum absolute atomic E-state index is 0.276. The Hall–Kier alpha value is -2.74. The SMILES string of the molecule is CN=C(NCCc1ccc2c(c1)OCO2)NCc1ccc(S(C)(=O)=O)c(C)c1. The Balaban J connectivity index is 1.50. The van der Waals surface area contributed by atoms with Crippen LogP contribution in [0.4, 0.5) is 0 Å². The molecule has 0 saturated carbocycles. The number of sulfone groups is 1. The summed E-state index contributed by atoms with van der Waals surface area (Å²) in [5.74, 6) is 2.25. The maximum Gasteiger partial charge on any atom is 0.231 e. The monoisotopic (exact) mass is 403 g/mol. The molecule has 0 aromatic heterocycles. The standard InChI is InChI=1S/C20H25N3O4S/c1-14-10-16(5-7-19(14)28(3,24)25)12-23-20(21-2)22-9-8-15-4-6-17-18(11-15)27-13-26-17/h4-7,10-11H,8-9,12-13H2,1-3H3,(H2,21,22,23). The highest BCUT2D eigenvalue weighted by Crippen LogP contribution is 2.32. The third kappa shape index (κ3) is 4.95. The summed E-state index contributed by atoms with van der Waals surface area (Å²) >= 11 is 0. The van der Waals surface area contributed by atoms with Gasteiger partial charge in [0.1, 0.15) is 0 Å². The van der Waals surface area contributed by atoms with E-state index in [4.69, 9.17) is 9.47 Å². The molecule has 0 spiro atoms. The fourth-order valence-electron chi connectivity index (χ4n) is 3.07. The normalized spacial score (nSPS) is 13.5. The van der Waals surface area contributed by atoms with Gasteiger partial charge in [-0.3, -0.25) is 4.99 Å². The Bertz CT molecular complexity index is 987. The first-order valence-corrected chi connectivity index (χ1v) is 10.9. The number of ether oxygens (including phenoxy) is 2. The third-order valence-electron chi connectivity index (χ3n) is 4.47. The van der Waals surface area contributed by atoms with Crippen LogP contribution in [0.5, 0.6) is 11.5 Å². The zero-order valence-electron chi connectivity index (χ0n) is 16.3. The van der Waals surface area contributed by atoms with Crippen molar-refractivity contribution in [2.45, 2.75) is 24.8 Å². The Kier molecular flexibility index (Phi) is 6.08. The maximum absolute atomic E-state index is 11.7. The van der Waals surface area contributed by atoms with Gasteiger partial charge in [0.25, 0.3) is 0 Å². The van der Waals surface area contributed by atoms with Crippen LogP contribution >= 0.6 is 0 Å².